The van der Waals surface area contributed by atoms with Crippen LogP contribution in [0.1, 0.15) is 19.4 Å². The first-order valence-electron chi connectivity index (χ1n) is 5.43. The van der Waals surface area contributed by atoms with Gasteiger partial charge in [0.2, 0.25) is 0 Å². The molecule has 1 aromatic rings. The molecule has 3 nitrogen and oxygen atoms in total. The SMILES string of the molecule is CCNCc1ccnc(OC(C)C(F)(F)F)c1F. The van der Waals surface area contributed by atoms with E-state index >= 15 is 0 Å². The second-order valence-electron chi connectivity index (χ2n) is 3.67. The summed E-state index contributed by atoms with van der Waals surface area (Å²) in [7, 11) is 0. The minimum atomic E-state index is -4.55. The molecule has 1 aromatic heterocycles. The normalized spacial score (nSPS) is 13.4. The van der Waals surface area contributed by atoms with Gasteiger partial charge < -0.3 is 10.1 Å². The van der Waals surface area contributed by atoms with Gasteiger partial charge >= 0.3 is 6.18 Å². The fourth-order valence-electron chi connectivity index (χ4n) is 1.17. The van der Waals surface area contributed by atoms with Crippen LogP contribution in [-0.4, -0.2) is 23.8 Å². The highest BCUT2D eigenvalue weighted by atomic mass is 19.4. The summed E-state index contributed by atoms with van der Waals surface area (Å²) >= 11 is 0. The Labute approximate surface area is 102 Å². The van der Waals surface area contributed by atoms with Crippen molar-refractivity contribution in [2.45, 2.75) is 32.7 Å². The monoisotopic (exact) mass is 266 g/mol. The summed E-state index contributed by atoms with van der Waals surface area (Å²) in [4.78, 5) is 3.48. The molecule has 7 heteroatoms. The van der Waals surface area contributed by atoms with Crippen LogP contribution in [0.15, 0.2) is 12.3 Å². The molecule has 18 heavy (non-hydrogen) atoms. The summed E-state index contributed by atoms with van der Waals surface area (Å²) in [6.45, 7) is 3.47. The van der Waals surface area contributed by atoms with Crippen molar-refractivity contribution in [1.82, 2.24) is 10.3 Å². The Morgan fingerprint density at radius 1 is 1.44 bits per heavy atom. The van der Waals surface area contributed by atoms with Gasteiger partial charge in [0.25, 0.3) is 5.88 Å². The summed E-state index contributed by atoms with van der Waals surface area (Å²) in [5, 5.41) is 2.87. The van der Waals surface area contributed by atoms with Crippen LogP contribution in [-0.2, 0) is 6.54 Å². The number of hydrogen-bond acceptors (Lipinski definition) is 3. The molecule has 0 aliphatic heterocycles. The number of halogens is 4. The third-order valence-corrected chi connectivity index (χ3v) is 2.25. The fourth-order valence-corrected chi connectivity index (χ4v) is 1.17. The Morgan fingerprint density at radius 2 is 2.11 bits per heavy atom. The maximum atomic E-state index is 13.7. The van der Waals surface area contributed by atoms with Crippen LogP contribution < -0.4 is 10.1 Å². The van der Waals surface area contributed by atoms with Crippen molar-refractivity contribution < 1.29 is 22.3 Å². The number of alkyl halides is 3. The molecule has 1 atom stereocenters. The van der Waals surface area contributed by atoms with Gasteiger partial charge in [0.05, 0.1) is 0 Å². The Morgan fingerprint density at radius 3 is 2.67 bits per heavy atom. The van der Waals surface area contributed by atoms with Crippen molar-refractivity contribution in [3.63, 3.8) is 0 Å². The second-order valence-corrected chi connectivity index (χ2v) is 3.67. The number of hydrogen-bond donors (Lipinski definition) is 1. The quantitative estimate of drug-likeness (QED) is 0.832. The van der Waals surface area contributed by atoms with E-state index in [2.05, 4.69) is 15.0 Å². The molecular weight excluding hydrogens is 252 g/mol. The number of ether oxygens (including phenoxy) is 1. The van der Waals surface area contributed by atoms with Gasteiger partial charge in [-0.2, -0.15) is 13.2 Å². The lowest BCUT2D eigenvalue weighted by molar-refractivity contribution is -0.190. The third-order valence-electron chi connectivity index (χ3n) is 2.25. The molecule has 0 bridgehead atoms. The molecular formula is C11H14F4N2O. The molecule has 1 rings (SSSR count). The largest absolute Gasteiger partial charge is 0.463 e. The molecule has 0 fully saturated rings. The first-order chi connectivity index (χ1) is 8.36. The molecule has 0 radical (unpaired) electrons. The van der Waals surface area contributed by atoms with Crippen LogP contribution in [0.3, 0.4) is 0 Å². The summed E-state index contributed by atoms with van der Waals surface area (Å²) in [5.41, 5.74) is 0.219. The summed E-state index contributed by atoms with van der Waals surface area (Å²) in [5.74, 6) is -1.50. The number of nitrogens with one attached hydrogen (secondary N) is 1. The van der Waals surface area contributed by atoms with Gasteiger partial charge in [-0.1, -0.05) is 6.92 Å². The van der Waals surface area contributed by atoms with E-state index in [1.165, 1.54) is 12.3 Å². The lowest BCUT2D eigenvalue weighted by Crippen LogP contribution is -2.31. The van der Waals surface area contributed by atoms with E-state index in [4.69, 9.17) is 0 Å². The zero-order valence-corrected chi connectivity index (χ0v) is 10.0. The number of rotatable bonds is 5. The summed E-state index contributed by atoms with van der Waals surface area (Å²) in [6.07, 6.45) is -5.44. The van der Waals surface area contributed by atoms with Crippen LogP contribution in [0.4, 0.5) is 17.6 Å². The van der Waals surface area contributed by atoms with E-state index in [9.17, 15) is 17.6 Å². The Balaban J connectivity index is 2.84. The van der Waals surface area contributed by atoms with Crippen molar-refractivity contribution in [1.29, 1.82) is 0 Å². The lowest BCUT2D eigenvalue weighted by atomic mass is 10.2. The predicted octanol–water partition coefficient (Wildman–Crippen LogP) is 2.66. The van der Waals surface area contributed by atoms with Gasteiger partial charge in [0.1, 0.15) is 0 Å². The number of aromatic nitrogens is 1. The molecule has 1 N–H and O–H groups in total. The Hall–Kier alpha value is -1.37. The molecule has 0 aromatic carbocycles. The van der Waals surface area contributed by atoms with Crippen molar-refractivity contribution in [2.75, 3.05) is 6.54 Å². The maximum Gasteiger partial charge on any atom is 0.425 e. The van der Waals surface area contributed by atoms with Crippen molar-refractivity contribution in [3.8, 4) is 5.88 Å². The van der Waals surface area contributed by atoms with E-state index in [1.807, 2.05) is 6.92 Å². The van der Waals surface area contributed by atoms with E-state index in [0.29, 0.717) is 6.54 Å². The zero-order valence-electron chi connectivity index (χ0n) is 10.0. The van der Waals surface area contributed by atoms with Crippen LogP contribution in [0.25, 0.3) is 0 Å². The average molecular weight is 266 g/mol. The maximum absolute atomic E-state index is 13.7. The lowest BCUT2D eigenvalue weighted by Gasteiger charge is -2.17. The van der Waals surface area contributed by atoms with Gasteiger partial charge in [-0.05, 0) is 19.5 Å². The van der Waals surface area contributed by atoms with Gasteiger partial charge in [-0.25, -0.2) is 9.37 Å². The molecule has 1 unspecified atom stereocenters. The fraction of sp³-hybridized carbons (Fsp3) is 0.545. The zero-order chi connectivity index (χ0) is 13.8. The smallest absolute Gasteiger partial charge is 0.425 e. The molecule has 0 aliphatic carbocycles. The minimum Gasteiger partial charge on any atom is -0.463 e. The Kier molecular flexibility index (Phi) is 4.89. The first kappa shape index (κ1) is 14.7. The van der Waals surface area contributed by atoms with Gasteiger partial charge in [0.15, 0.2) is 11.9 Å². The molecule has 0 saturated carbocycles. The Bertz CT molecular complexity index is 395. The van der Waals surface area contributed by atoms with Crippen molar-refractivity contribution in [2.24, 2.45) is 0 Å². The van der Waals surface area contributed by atoms with Crippen molar-refractivity contribution in [3.05, 3.63) is 23.6 Å². The van der Waals surface area contributed by atoms with Crippen LogP contribution in [0, 0.1) is 5.82 Å². The minimum absolute atomic E-state index is 0.210. The van der Waals surface area contributed by atoms with Gasteiger partial charge in [0, 0.05) is 18.3 Å². The molecule has 0 amide bonds. The number of nitrogens with zero attached hydrogens (tertiary/aromatic N) is 1. The molecule has 102 valence electrons. The van der Waals surface area contributed by atoms with E-state index in [1.54, 1.807) is 0 Å². The standard InChI is InChI=1S/C11H14F4N2O/c1-3-16-6-8-4-5-17-10(9(8)12)18-7(2)11(13,14)15/h4-5,7,16H,3,6H2,1-2H3. The first-order valence-corrected chi connectivity index (χ1v) is 5.43. The average Bonchev–Trinajstić information content (AvgIpc) is 2.29. The summed E-state index contributed by atoms with van der Waals surface area (Å²) in [6, 6.07) is 1.39. The van der Waals surface area contributed by atoms with Crippen LogP contribution in [0.5, 0.6) is 5.88 Å². The van der Waals surface area contributed by atoms with E-state index in [-0.39, 0.29) is 12.1 Å². The van der Waals surface area contributed by atoms with Crippen LogP contribution in [0.2, 0.25) is 0 Å². The second kappa shape index (κ2) is 5.99. The highest BCUT2D eigenvalue weighted by Crippen LogP contribution is 2.26. The number of pyridine rings is 1. The molecule has 0 spiro atoms. The molecule has 0 aliphatic rings. The topological polar surface area (TPSA) is 34.2 Å². The highest BCUT2D eigenvalue weighted by Gasteiger charge is 2.38. The van der Waals surface area contributed by atoms with E-state index in [0.717, 1.165) is 6.92 Å². The summed E-state index contributed by atoms with van der Waals surface area (Å²) < 4.78 is 55.1. The molecule has 0 saturated heterocycles. The molecule has 1 heterocycles. The predicted molar refractivity (Wildman–Crippen MR) is 57.7 cm³/mol. The van der Waals surface area contributed by atoms with Crippen LogP contribution >= 0.6 is 0 Å². The highest BCUT2D eigenvalue weighted by molar-refractivity contribution is 5.23. The third kappa shape index (κ3) is 3.83. The van der Waals surface area contributed by atoms with Gasteiger partial charge in [-0.15, -0.1) is 0 Å². The van der Waals surface area contributed by atoms with Crippen molar-refractivity contribution >= 4 is 0 Å². The van der Waals surface area contributed by atoms with E-state index < -0.39 is 24.0 Å². The van der Waals surface area contributed by atoms with Gasteiger partial charge in [-0.3, -0.25) is 0 Å².